The average Bonchev–Trinajstić information content (AvgIpc) is 0.908. The number of aliphatic carboxylic acids is 1. The van der Waals surface area contributed by atoms with Crippen LogP contribution in [0.2, 0.25) is 0 Å². The maximum Gasteiger partial charge on any atom is 0.303 e. The number of nitrogens with two attached hydrogens (primary N) is 3. The predicted octanol–water partition coefficient (Wildman–Crippen LogP) is -2.22. The maximum atomic E-state index is 15.1. The molecule has 0 radical (unpaired) electrons. The first kappa shape index (κ1) is 103. The number of carbonyl (C=O) groups is 16. The van der Waals surface area contributed by atoms with Crippen LogP contribution in [0.5, 0.6) is 5.75 Å². The van der Waals surface area contributed by atoms with E-state index >= 15 is 18.4 Å². The Morgan fingerprint density at radius 3 is 1.42 bits per heavy atom. The molecule has 1 fully saturated rings. The molecule has 15 atom stereocenters. The molecule has 25 N–H and O–H groups in total. The summed E-state index contributed by atoms with van der Waals surface area (Å²) in [5.41, 5.74) is 16.4. The number of amides is 15. The normalized spacial score (nSPS) is 15.8. The molecule has 1 aliphatic rings. The minimum atomic E-state index is -2.07. The molecule has 4 rings (SSSR count). The molecule has 0 aliphatic heterocycles. The highest BCUT2D eigenvalue weighted by molar-refractivity contribution is 6.00. The van der Waals surface area contributed by atoms with Gasteiger partial charge in [0, 0.05) is 50.9 Å². The number of aliphatic hydroxyl groups excluding tert-OH is 3. The zero-order valence-electron chi connectivity index (χ0n) is 69.7. The van der Waals surface area contributed by atoms with Crippen LogP contribution in [0.4, 0.5) is 13.2 Å². The number of phenolic OH excluding ortho intramolecular Hbond substituents is 1. The maximum absolute atomic E-state index is 15.1. The molecule has 122 heavy (non-hydrogen) atoms. The van der Waals surface area contributed by atoms with Gasteiger partial charge in [-0.05, 0) is 126 Å². The molecule has 1 heterocycles. The second-order valence-corrected chi connectivity index (χ2v) is 31.1. The highest BCUT2D eigenvalue weighted by Gasteiger charge is 2.40. The van der Waals surface area contributed by atoms with Gasteiger partial charge in [-0.3, -0.25) is 76.7 Å². The lowest BCUT2D eigenvalue weighted by molar-refractivity contribution is -0.139. The van der Waals surface area contributed by atoms with Gasteiger partial charge in [0.25, 0.3) is 0 Å². The molecule has 42 heteroatoms. The monoisotopic (exact) mass is 1730 g/mol. The molecule has 0 bridgehead atoms. The third kappa shape index (κ3) is 36.5. The Labute approximate surface area is 704 Å². The lowest BCUT2D eigenvalue weighted by Crippen LogP contribution is -2.62. The summed E-state index contributed by atoms with van der Waals surface area (Å²) in [5, 5.41) is 83.6. The van der Waals surface area contributed by atoms with Gasteiger partial charge >= 0.3 is 5.97 Å². The van der Waals surface area contributed by atoms with Crippen LogP contribution in [0.15, 0.2) is 48.9 Å². The molecular formula is C80H121F3N18O21. The predicted molar refractivity (Wildman–Crippen MR) is 432 cm³/mol. The number of carboxylic acids is 1. The van der Waals surface area contributed by atoms with Crippen molar-refractivity contribution < 1.29 is 115 Å². The van der Waals surface area contributed by atoms with Crippen molar-refractivity contribution in [3.8, 4) is 5.75 Å². The van der Waals surface area contributed by atoms with Gasteiger partial charge in [-0.2, -0.15) is 0 Å². The van der Waals surface area contributed by atoms with Gasteiger partial charge < -0.3 is 117 Å². The Balaban J connectivity index is 1.72. The number of hydrogen-bond acceptors (Lipinski definition) is 22. The molecule has 1 saturated carbocycles. The lowest BCUT2D eigenvalue weighted by atomic mass is 9.84. The van der Waals surface area contributed by atoms with Crippen LogP contribution in [0.3, 0.4) is 0 Å². The summed E-state index contributed by atoms with van der Waals surface area (Å²) >= 11 is 0. The van der Waals surface area contributed by atoms with Crippen molar-refractivity contribution in [1.29, 1.82) is 0 Å². The first-order chi connectivity index (χ1) is 57.6. The smallest absolute Gasteiger partial charge is 0.303 e. The molecule has 0 unspecified atom stereocenters. The van der Waals surface area contributed by atoms with Gasteiger partial charge in [0.05, 0.1) is 25.1 Å². The van der Waals surface area contributed by atoms with E-state index in [-0.39, 0.29) is 61.1 Å². The van der Waals surface area contributed by atoms with Crippen LogP contribution in [-0.4, -0.2) is 234 Å². The van der Waals surface area contributed by atoms with Gasteiger partial charge in [0.15, 0.2) is 17.5 Å². The standard InChI is InChI=1S/C80H121F3N18O21/c1-8-9-10-11-15-21-54(94-79(121)66(43(5)103)100-76(118)57(31-41(2)3)90-45(7)105)70(112)93-56(27-29-64(108)109)72(114)98-61(37-49-38-87-40-88-49)75(117)96-58(35-47-22-24-50(106)25-23-47)74(116)97-60(36-48-32-51(81)65(83)52(82)33-48)73(115)89-42(4)69(111)92-55(26-28-63(85)107)71(113)95-59(34-46-18-13-12-14-19-46)77(119)101-67(44(6)104)80(122)99-62(39-102)78(120)91-53(68(86)110)20-16-17-30-84/h22-25,32-33,38,40-44,46,53-62,66-67,102-104,106H,8-21,26-31,34-37,39,84H2,1-7H3,(H2,85,107)(H2,86,110)(H,87,88)(H,89,115)(H,90,105)(H,91,120)(H,92,111)(H,93,112)(H,94,121)(H,95,113)(H,96,117)(H,97,116)(H,98,114)(H,99,122)(H,100,118)(H,101,119)(H,108,109)/t42-,43+,44+,53-,54-,55-,56-,57-,58-,59-,60-,61-,62-,66-,67-/m0/s1. The number of carboxylic acid groups (broad SMARTS) is 1. The van der Waals surface area contributed by atoms with Crippen LogP contribution in [-0.2, 0) is 96.0 Å². The number of unbranched alkanes of at least 4 members (excludes halogenated alkanes) is 5. The van der Waals surface area contributed by atoms with E-state index < -0.39 is 260 Å². The van der Waals surface area contributed by atoms with Crippen molar-refractivity contribution >= 4 is 94.6 Å². The third-order valence-electron chi connectivity index (χ3n) is 20.2. The van der Waals surface area contributed by atoms with Gasteiger partial charge in [0.2, 0.25) is 88.6 Å². The SMILES string of the molecule is CCCCCCC[C@H](NC(=O)[C@@H](NC(=O)[C@H](CC(C)C)NC(C)=O)[C@@H](C)O)C(=O)N[C@@H](CCC(=O)O)C(=O)N[C@@H](Cc1cnc[nH]1)C(=O)N[C@@H](Cc1ccc(O)cc1)C(=O)N[C@@H](Cc1cc(F)c(F)c(F)c1)C(=O)N[C@@H](C)C(=O)N[C@@H](CCC(N)=O)C(=O)N[C@@H](CC1CCCCC1)C(=O)N[C@H](C(=O)N[C@@H](CO)C(=O)N[C@@H](CCCCN)C(N)=O)[C@@H](C)O. The van der Waals surface area contributed by atoms with Crippen LogP contribution < -0.4 is 86.3 Å². The number of imidazole rings is 1. The number of halogens is 3. The Morgan fingerprint density at radius 1 is 0.492 bits per heavy atom. The second kappa shape index (κ2) is 52.7. The van der Waals surface area contributed by atoms with E-state index in [2.05, 4.69) is 79.1 Å². The summed E-state index contributed by atoms with van der Waals surface area (Å²) in [6, 6.07) is -16.0. The number of nitrogens with one attached hydrogen (secondary N) is 14. The molecule has 1 aromatic heterocycles. The number of H-pyrrole nitrogens is 1. The number of aromatic nitrogens is 2. The van der Waals surface area contributed by atoms with Crippen molar-refractivity contribution in [2.75, 3.05) is 13.2 Å². The highest BCUT2D eigenvalue weighted by Crippen LogP contribution is 2.28. The van der Waals surface area contributed by atoms with Crippen LogP contribution >= 0.6 is 0 Å². The highest BCUT2D eigenvalue weighted by atomic mass is 19.2. The number of carbonyl (C=O) groups excluding carboxylic acids is 15. The van der Waals surface area contributed by atoms with Gasteiger partial charge in [0.1, 0.15) is 84.3 Å². The summed E-state index contributed by atoms with van der Waals surface area (Å²) in [6.45, 7) is 9.31. The largest absolute Gasteiger partial charge is 0.508 e. The summed E-state index contributed by atoms with van der Waals surface area (Å²) in [5.74, 6) is -23.6. The molecule has 15 amide bonds. The first-order valence-electron chi connectivity index (χ1n) is 40.9. The van der Waals surface area contributed by atoms with E-state index in [1.807, 2.05) is 6.92 Å². The van der Waals surface area contributed by atoms with E-state index in [1.165, 1.54) is 50.6 Å². The zero-order chi connectivity index (χ0) is 91.0. The fraction of sp³-hybridized carbons (Fsp3) is 0.613. The first-order valence-corrected chi connectivity index (χ1v) is 40.9. The van der Waals surface area contributed by atoms with Gasteiger partial charge in [-0.1, -0.05) is 97.1 Å². The molecule has 2 aromatic carbocycles. The number of aliphatic hydroxyl groups is 3. The van der Waals surface area contributed by atoms with Crippen molar-refractivity contribution in [2.45, 2.75) is 287 Å². The van der Waals surface area contributed by atoms with E-state index in [0.29, 0.717) is 57.1 Å². The number of benzene rings is 2. The number of aromatic hydroxyl groups is 1. The molecule has 1 aliphatic carbocycles. The van der Waals surface area contributed by atoms with E-state index in [1.54, 1.807) is 13.8 Å². The quantitative estimate of drug-likeness (QED) is 0.0210. The molecule has 0 spiro atoms. The van der Waals surface area contributed by atoms with E-state index in [9.17, 15) is 97.0 Å². The van der Waals surface area contributed by atoms with Crippen molar-refractivity contribution in [1.82, 2.24) is 79.1 Å². The second-order valence-electron chi connectivity index (χ2n) is 31.1. The minimum Gasteiger partial charge on any atom is -0.508 e. The third-order valence-corrected chi connectivity index (χ3v) is 20.2. The number of rotatable bonds is 55. The zero-order valence-corrected chi connectivity index (χ0v) is 69.7. The van der Waals surface area contributed by atoms with Gasteiger partial charge in [-0.15, -0.1) is 0 Å². The van der Waals surface area contributed by atoms with Crippen LogP contribution in [0.1, 0.15) is 194 Å². The van der Waals surface area contributed by atoms with Crippen LogP contribution in [0.25, 0.3) is 0 Å². The summed E-state index contributed by atoms with van der Waals surface area (Å²) < 4.78 is 44.7. The van der Waals surface area contributed by atoms with E-state index in [4.69, 9.17) is 17.2 Å². The Hall–Kier alpha value is -11.4. The lowest BCUT2D eigenvalue weighted by Gasteiger charge is -2.30. The van der Waals surface area contributed by atoms with Gasteiger partial charge in [-0.25, -0.2) is 18.2 Å². The Bertz CT molecular complexity index is 3980. The number of nitrogens with zero attached hydrogens (tertiary/aromatic N) is 1. The van der Waals surface area contributed by atoms with Crippen molar-refractivity contribution in [2.24, 2.45) is 29.0 Å². The molecule has 678 valence electrons. The molecule has 0 saturated heterocycles. The fourth-order valence-electron chi connectivity index (χ4n) is 13.4. The molecule has 3 aromatic rings. The number of aromatic amines is 1. The summed E-state index contributed by atoms with van der Waals surface area (Å²) in [6.07, 6.45) is 2.04. The summed E-state index contributed by atoms with van der Waals surface area (Å²) in [7, 11) is 0. The molecular weight excluding hydrogens is 1610 g/mol. The number of phenols is 1. The molecule has 39 nitrogen and oxygen atoms in total. The minimum absolute atomic E-state index is 0.0631. The topological polar surface area (TPSA) is 637 Å². The van der Waals surface area contributed by atoms with E-state index in [0.717, 1.165) is 46.0 Å². The number of hydrogen-bond donors (Lipinski definition) is 22. The van der Waals surface area contributed by atoms with Crippen LogP contribution in [0, 0.1) is 29.3 Å². The average molecular weight is 1730 g/mol. The fourth-order valence-corrected chi connectivity index (χ4v) is 13.4. The number of primary amides is 2. The Morgan fingerprint density at radius 2 is 0.926 bits per heavy atom. The van der Waals surface area contributed by atoms with Crippen molar-refractivity contribution in [3.05, 3.63) is 83.2 Å². The van der Waals surface area contributed by atoms with Crippen molar-refractivity contribution in [3.63, 3.8) is 0 Å². The summed E-state index contributed by atoms with van der Waals surface area (Å²) in [4.78, 5) is 228. The Kier molecular flexibility index (Phi) is 44.5.